The Morgan fingerprint density at radius 3 is 2.94 bits per heavy atom. The average Bonchev–Trinajstić information content (AvgIpc) is 3.33. The zero-order valence-electron chi connectivity index (χ0n) is 19.7. The molecule has 1 saturated heterocycles. The Kier molecular flexibility index (Phi) is 6.86. The molecule has 0 radical (unpaired) electrons. The molecule has 5 rings (SSSR count). The van der Waals surface area contributed by atoms with Crippen molar-refractivity contribution in [1.29, 1.82) is 0 Å². The summed E-state index contributed by atoms with van der Waals surface area (Å²) in [6.07, 6.45) is 5.37. The molecule has 1 fully saturated rings. The van der Waals surface area contributed by atoms with E-state index in [-0.39, 0.29) is 11.8 Å². The van der Waals surface area contributed by atoms with Crippen LogP contribution in [0.25, 0.3) is 16.8 Å². The summed E-state index contributed by atoms with van der Waals surface area (Å²) in [6.45, 7) is 4.46. The third kappa shape index (κ3) is 5.10. The van der Waals surface area contributed by atoms with Gasteiger partial charge in [0, 0.05) is 48.2 Å². The van der Waals surface area contributed by atoms with Crippen LogP contribution in [0.5, 0.6) is 5.75 Å². The van der Waals surface area contributed by atoms with Gasteiger partial charge < -0.3 is 15.0 Å². The Morgan fingerprint density at radius 1 is 1.20 bits per heavy atom. The van der Waals surface area contributed by atoms with Crippen LogP contribution in [-0.2, 0) is 11.3 Å². The number of carbonyl (C=O) groups is 1. The van der Waals surface area contributed by atoms with Crippen molar-refractivity contribution in [2.24, 2.45) is 5.92 Å². The maximum absolute atomic E-state index is 13.1. The molecule has 180 valence electrons. The molecule has 1 amide bonds. The maximum Gasteiger partial charge on any atom is 0.225 e. The van der Waals surface area contributed by atoms with Crippen LogP contribution in [0.4, 0.5) is 5.82 Å². The van der Waals surface area contributed by atoms with Gasteiger partial charge in [-0.3, -0.25) is 4.79 Å². The topological polar surface area (TPSA) is 71.8 Å². The molecule has 0 bridgehead atoms. The molecule has 3 heterocycles. The second-order valence-electron chi connectivity index (χ2n) is 8.66. The fraction of sp³-hybridized carbons (Fsp3) is 0.296. The van der Waals surface area contributed by atoms with Crippen molar-refractivity contribution in [1.82, 2.24) is 19.9 Å². The lowest BCUT2D eigenvalue weighted by atomic mass is 9.97. The predicted molar refractivity (Wildman–Crippen MR) is 138 cm³/mol. The van der Waals surface area contributed by atoms with Gasteiger partial charge >= 0.3 is 0 Å². The van der Waals surface area contributed by atoms with Crippen molar-refractivity contribution < 1.29 is 9.53 Å². The van der Waals surface area contributed by atoms with Gasteiger partial charge in [-0.15, -0.1) is 0 Å². The molecule has 0 spiro atoms. The van der Waals surface area contributed by atoms with Crippen LogP contribution in [0.3, 0.4) is 0 Å². The summed E-state index contributed by atoms with van der Waals surface area (Å²) in [5, 5.41) is 8.50. The number of carbonyl (C=O) groups excluding carboxylic acids is 1. The van der Waals surface area contributed by atoms with E-state index in [2.05, 4.69) is 15.2 Å². The number of para-hydroxylation sites is 1. The van der Waals surface area contributed by atoms with Crippen LogP contribution < -0.4 is 15.0 Å². The van der Waals surface area contributed by atoms with E-state index in [0.717, 1.165) is 53.3 Å². The van der Waals surface area contributed by atoms with Crippen molar-refractivity contribution in [2.45, 2.75) is 26.3 Å². The highest BCUT2D eigenvalue weighted by atomic mass is 35.5. The first-order valence-corrected chi connectivity index (χ1v) is 12.3. The normalized spacial score (nSPS) is 15.8. The third-order valence-corrected chi connectivity index (χ3v) is 6.54. The number of ether oxygens (including phenoxy) is 1. The Balaban J connectivity index is 1.31. The number of halogens is 1. The highest BCUT2D eigenvalue weighted by Crippen LogP contribution is 2.29. The molecule has 7 nitrogen and oxygen atoms in total. The minimum absolute atomic E-state index is 0.0566. The minimum atomic E-state index is -0.111. The maximum atomic E-state index is 13.1. The molecule has 1 N–H and O–H groups in total. The molecule has 8 heteroatoms. The van der Waals surface area contributed by atoms with E-state index in [9.17, 15) is 4.79 Å². The van der Waals surface area contributed by atoms with E-state index in [1.165, 1.54) is 0 Å². The molecular formula is C27H28ClN5O2. The summed E-state index contributed by atoms with van der Waals surface area (Å²) >= 11 is 6.18. The van der Waals surface area contributed by atoms with Crippen molar-refractivity contribution in [3.63, 3.8) is 0 Å². The quantitative estimate of drug-likeness (QED) is 0.396. The number of fused-ring (bicyclic) bond motifs is 1. The van der Waals surface area contributed by atoms with Crippen molar-refractivity contribution in [3.05, 3.63) is 77.6 Å². The van der Waals surface area contributed by atoms with E-state index in [0.29, 0.717) is 24.7 Å². The van der Waals surface area contributed by atoms with Gasteiger partial charge in [-0.1, -0.05) is 41.9 Å². The smallest absolute Gasteiger partial charge is 0.225 e. The lowest BCUT2D eigenvalue weighted by Crippen LogP contribution is -2.43. The Morgan fingerprint density at radius 2 is 2.09 bits per heavy atom. The first-order valence-electron chi connectivity index (χ1n) is 12.0. The van der Waals surface area contributed by atoms with Crippen LogP contribution in [0.1, 0.15) is 25.3 Å². The molecule has 0 saturated carbocycles. The van der Waals surface area contributed by atoms with Crippen LogP contribution in [0.2, 0.25) is 5.02 Å². The number of nitrogens with zero attached hydrogens (tertiary/aromatic N) is 4. The number of rotatable bonds is 7. The summed E-state index contributed by atoms with van der Waals surface area (Å²) in [6, 6.07) is 17.5. The van der Waals surface area contributed by atoms with E-state index >= 15 is 0 Å². The highest BCUT2D eigenvalue weighted by Gasteiger charge is 2.28. The molecule has 1 atom stereocenters. The second-order valence-corrected chi connectivity index (χ2v) is 9.10. The molecule has 1 aliphatic rings. The molecule has 0 unspecified atom stereocenters. The van der Waals surface area contributed by atoms with Gasteiger partial charge in [0.1, 0.15) is 11.3 Å². The Bertz CT molecular complexity index is 1340. The molecule has 2 aromatic heterocycles. The number of piperidine rings is 1. The first kappa shape index (κ1) is 23.2. The van der Waals surface area contributed by atoms with Gasteiger partial charge in [0.2, 0.25) is 5.91 Å². The van der Waals surface area contributed by atoms with Gasteiger partial charge in [-0.2, -0.15) is 5.10 Å². The number of benzene rings is 2. The zero-order valence-corrected chi connectivity index (χ0v) is 20.4. The predicted octanol–water partition coefficient (Wildman–Crippen LogP) is 4.98. The van der Waals surface area contributed by atoms with Gasteiger partial charge in [-0.05, 0) is 44.0 Å². The molecule has 2 aromatic carbocycles. The van der Waals surface area contributed by atoms with Gasteiger partial charge in [0.25, 0.3) is 0 Å². The monoisotopic (exact) mass is 489 g/mol. The lowest BCUT2D eigenvalue weighted by molar-refractivity contribution is -0.125. The SMILES string of the molecule is CCOc1ccccc1CNC(=O)[C@@H]1CCCN(c2nccn3nc(-c4cccc(Cl)c4)cc23)C1. The molecule has 0 aliphatic carbocycles. The number of hydrogen-bond acceptors (Lipinski definition) is 5. The first-order chi connectivity index (χ1) is 17.1. The number of hydrogen-bond donors (Lipinski definition) is 1. The summed E-state index contributed by atoms with van der Waals surface area (Å²) in [4.78, 5) is 19.9. The van der Waals surface area contributed by atoms with Gasteiger partial charge in [0.15, 0.2) is 5.82 Å². The average molecular weight is 490 g/mol. The molecule has 1 aliphatic heterocycles. The van der Waals surface area contributed by atoms with E-state index in [1.54, 1.807) is 6.20 Å². The van der Waals surface area contributed by atoms with E-state index < -0.39 is 0 Å². The standard InChI is InChI=1S/C27H28ClN5O2/c1-2-35-25-11-4-3-7-20(25)17-30-27(34)21-9-6-13-32(18-21)26-24-16-23(31-33(24)14-12-29-26)19-8-5-10-22(28)15-19/h3-5,7-8,10-12,14-16,21H,2,6,9,13,17-18H2,1H3,(H,30,34)/t21-/m1/s1. The fourth-order valence-corrected chi connectivity index (χ4v) is 4.79. The molecule has 35 heavy (non-hydrogen) atoms. The largest absolute Gasteiger partial charge is 0.494 e. The van der Waals surface area contributed by atoms with Crippen molar-refractivity contribution in [2.75, 3.05) is 24.6 Å². The summed E-state index contributed by atoms with van der Waals surface area (Å²) in [7, 11) is 0. The fourth-order valence-electron chi connectivity index (χ4n) is 4.60. The lowest BCUT2D eigenvalue weighted by Gasteiger charge is -2.33. The van der Waals surface area contributed by atoms with Gasteiger partial charge in [-0.25, -0.2) is 9.50 Å². The summed E-state index contributed by atoms with van der Waals surface area (Å²) in [5.74, 6) is 1.60. The number of amides is 1. The summed E-state index contributed by atoms with van der Waals surface area (Å²) < 4.78 is 7.53. The summed E-state index contributed by atoms with van der Waals surface area (Å²) in [5.41, 5.74) is 3.68. The minimum Gasteiger partial charge on any atom is -0.494 e. The van der Waals surface area contributed by atoms with Crippen LogP contribution in [0.15, 0.2) is 67.0 Å². The Hall–Kier alpha value is -3.58. The number of nitrogens with one attached hydrogen (secondary N) is 1. The van der Waals surface area contributed by atoms with Crippen LogP contribution >= 0.6 is 11.6 Å². The van der Waals surface area contributed by atoms with E-state index in [1.807, 2.05) is 72.2 Å². The number of aromatic nitrogens is 3. The van der Waals surface area contributed by atoms with E-state index in [4.69, 9.17) is 21.4 Å². The second kappa shape index (κ2) is 10.4. The van der Waals surface area contributed by atoms with Gasteiger partial charge in [0.05, 0.1) is 18.2 Å². The zero-order chi connectivity index (χ0) is 24.2. The van der Waals surface area contributed by atoms with Crippen molar-refractivity contribution in [3.8, 4) is 17.0 Å². The van der Waals surface area contributed by atoms with Crippen LogP contribution in [0, 0.1) is 5.92 Å². The molecule has 4 aromatic rings. The Labute approximate surface area is 209 Å². The highest BCUT2D eigenvalue weighted by molar-refractivity contribution is 6.30. The van der Waals surface area contributed by atoms with Crippen molar-refractivity contribution >= 4 is 28.8 Å². The number of anilines is 1. The molecular weight excluding hydrogens is 462 g/mol. The third-order valence-electron chi connectivity index (χ3n) is 6.31. The van der Waals surface area contributed by atoms with Crippen LogP contribution in [-0.4, -0.2) is 40.2 Å².